The van der Waals surface area contributed by atoms with Crippen LogP contribution in [0.3, 0.4) is 0 Å². The molecule has 0 aliphatic carbocycles. The molecule has 1 aliphatic rings. The van der Waals surface area contributed by atoms with E-state index in [9.17, 15) is 9.59 Å². The SMILES string of the molecule is CC1CC(C)CN(C(=O)COC(=O)c2ccnc(Cl)c2)C1. The van der Waals surface area contributed by atoms with Crippen LogP contribution in [0.15, 0.2) is 18.3 Å². The smallest absolute Gasteiger partial charge is 0.338 e. The maximum atomic E-state index is 12.1. The molecule has 21 heavy (non-hydrogen) atoms. The van der Waals surface area contributed by atoms with Crippen molar-refractivity contribution < 1.29 is 14.3 Å². The minimum atomic E-state index is -0.564. The van der Waals surface area contributed by atoms with Crippen molar-refractivity contribution in [3.63, 3.8) is 0 Å². The first-order chi connectivity index (χ1) is 9.95. The Labute approximate surface area is 129 Å². The van der Waals surface area contributed by atoms with Crippen LogP contribution in [0.25, 0.3) is 0 Å². The van der Waals surface area contributed by atoms with E-state index in [4.69, 9.17) is 16.3 Å². The number of hydrogen-bond acceptors (Lipinski definition) is 4. The van der Waals surface area contributed by atoms with Crippen molar-refractivity contribution in [1.29, 1.82) is 0 Å². The number of carbonyl (C=O) groups is 2. The average molecular weight is 311 g/mol. The van der Waals surface area contributed by atoms with Crippen LogP contribution in [0.2, 0.25) is 5.15 Å². The summed E-state index contributed by atoms with van der Waals surface area (Å²) in [5, 5.41) is 0.217. The Hall–Kier alpha value is -1.62. The molecule has 2 unspecified atom stereocenters. The molecule has 2 atom stereocenters. The number of rotatable bonds is 3. The van der Waals surface area contributed by atoms with Gasteiger partial charge in [0.25, 0.3) is 5.91 Å². The maximum Gasteiger partial charge on any atom is 0.338 e. The van der Waals surface area contributed by atoms with E-state index in [0.29, 0.717) is 17.4 Å². The van der Waals surface area contributed by atoms with E-state index in [2.05, 4.69) is 18.8 Å². The van der Waals surface area contributed by atoms with Crippen molar-refractivity contribution in [3.05, 3.63) is 29.0 Å². The van der Waals surface area contributed by atoms with Crippen molar-refractivity contribution in [1.82, 2.24) is 9.88 Å². The number of pyridine rings is 1. The molecule has 0 radical (unpaired) electrons. The van der Waals surface area contributed by atoms with E-state index in [-0.39, 0.29) is 17.7 Å². The summed E-state index contributed by atoms with van der Waals surface area (Å²) >= 11 is 5.71. The highest BCUT2D eigenvalue weighted by molar-refractivity contribution is 6.29. The van der Waals surface area contributed by atoms with E-state index in [1.54, 1.807) is 4.90 Å². The quantitative estimate of drug-likeness (QED) is 0.635. The van der Waals surface area contributed by atoms with E-state index < -0.39 is 5.97 Å². The highest BCUT2D eigenvalue weighted by atomic mass is 35.5. The maximum absolute atomic E-state index is 12.1. The number of amides is 1. The van der Waals surface area contributed by atoms with Crippen LogP contribution < -0.4 is 0 Å². The van der Waals surface area contributed by atoms with E-state index in [1.165, 1.54) is 18.3 Å². The summed E-state index contributed by atoms with van der Waals surface area (Å²) in [7, 11) is 0. The zero-order chi connectivity index (χ0) is 15.4. The molecule has 6 heteroatoms. The second-order valence-electron chi connectivity index (χ2n) is 5.69. The molecule has 2 rings (SSSR count). The summed E-state index contributed by atoms with van der Waals surface area (Å²) in [6.45, 7) is 5.46. The molecule has 1 aliphatic heterocycles. The molecule has 1 aromatic heterocycles. The Morgan fingerprint density at radius 3 is 2.67 bits per heavy atom. The fourth-order valence-electron chi connectivity index (χ4n) is 2.70. The molecule has 0 aromatic carbocycles. The van der Waals surface area contributed by atoms with Crippen LogP contribution in [0.4, 0.5) is 0 Å². The Balaban J connectivity index is 1.87. The molecule has 0 saturated carbocycles. The Morgan fingerprint density at radius 2 is 2.05 bits per heavy atom. The van der Waals surface area contributed by atoms with Gasteiger partial charge in [0.15, 0.2) is 6.61 Å². The summed E-state index contributed by atoms with van der Waals surface area (Å²) in [5.74, 6) is 0.243. The van der Waals surface area contributed by atoms with Gasteiger partial charge >= 0.3 is 5.97 Å². The zero-order valence-electron chi connectivity index (χ0n) is 12.2. The first kappa shape index (κ1) is 15.8. The molecule has 1 amide bonds. The predicted octanol–water partition coefficient (Wildman–Crippen LogP) is 2.40. The van der Waals surface area contributed by atoms with Gasteiger partial charge in [0.05, 0.1) is 5.56 Å². The molecule has 1 saturated heterocycles. The number of esters is 1. The summed E-state index contributed by atoms with van der Waals surface area (Å²) in [4.78, 5) is 29.5. The number of nitrogens with zero attached hydrogens (tertiary/aromatic N) is 2. The molecule has 0 N–H and O–H groups in total. The topological polar surface area (TPSA) is 59.5 Å². The minimum Gasteiger partial charge on any atom is -0.452 e. The largest absolute Gasteiger partial charge is 0.452 e. The lowest BCUT2D eigenvalue weighted by atomic mass is 9.92. The molecule has 0 spiro atoms. The van der Waals surface area contributed by atoms with Crippen molar-refractivity contribution in [2.75, 3.05) is 19.7 Å². The molecule has 5 nitrogen and oxygen atoms in total. The fourth-order valence-corrected chi connectivity index (χ4v) is 2.87. The number of piperidine rings is 1. The third-order valence-electron chi connectivity index (χ3n) is 3.51. The number of aromatic nitrogens is 1. The standard InChI is InChI=1S/C15H19ClN2O3/c1-10-5-11(2)8-18(7-10)14(19)9-21-15(20)12-3-4-17-13(16)6-12/h3-4,6,10-11H,5,7-9H2,1-2H3. The lowest BCUT2D eigenvalue weighted by Crippen LogP contribution is -2.44. The average Bonchev–Trinajstić information content (AvgIpc) is 2.43. The fraction of sp³-hybridized carbons (Fsp3) is 0.533. The Bertz CT molecular complexity index is 525. The molecular formula is C15H19ClN2O3. The van der Waals surface area contributed by atoms with Crippen LogP contribution in [-0.4, -0.2) is 41.5 Å². The van der Waals surface area contributed by atoms with Gasteiger partial charge < -0.3 is 9.64 Å². The first-order valence-electron chi connectivity index (χ1n) is 7.02. The molecule has 2 heterocycles. The van der Waals surface area contributed by atoms with Gasteiger partial charge in [-0.25, -0.2) is 9.78 Å². The van der Waals surface area contributed by atoms with Crippen LogP contribution >= 0.6 is 11.6 Å². The van der Waals surface area contributed by atoms with Crippen molar-refractivity contribution >= 4 is 23.5 Å². The van der Waals surface area contributed by atoms with Gasteiger partial charge in [-0.3, -0.25) is 4.79 Å². The Morgan fingerprint density at radius 1 is 1.38 bits per heavy atom. The summed E-state index contributed by atoms with van der Waals surface area (Å²) in [6, 6.07) is 2.92. The van der Waals surface area contributed by atoms with Crippen LogP contribution in [-0.2, 0) is 9.53 Å². The lowest BCUT2D eigenvalue weighted by Gasteiger charge is -2.34. The summed E-state index contributed by atoms with van der Waals surface area (Å²) in [6.07, 6.45) is 2.55. The van der Waals surface area contributed by atoms with E-state index in [0.717, 1.165) is 19.5 Å². The number of carbonyl (C=O) groups excluding carboxylic acids is 2. The second kappa shape index (κ2) is 6.89. The number of halogens is 1. The van der Waals surface area contributed by atoms with Crippen molar-refractivity contribution in [2.24, 2.45) is 11.8 Å². The first-order valence-corrected chi connectivity index (χ1v) is 7.40. The molecule has 114 valence electrons. The van der Waals surface area contributed by atoms with Gasteiger partial charge in [-0.2, -0.15) is 0 Å². The second-order valence-corrected chi connectivity index (χ2v) is 6.08. The summed E-state index contributed by atoms with van der Waals surface area (Å²) < 4.78 is 5.05. The molecule has 0 bridgehead atoms. The van der Waals surface area contributed by atoms with Crippen LogP contribution in [0.5, 0.6) is 0 Å². The summed E-state index contributed by atoms with van der Waals surface area (Å²) in [5.41, 5.74) is 0.295. The van der Waals surface area contributed by atoms with Gasteiger partial charge in [0.2, 0.25) is 0 Å². The molecule has 1 fully saturated rings. The molecular weight excluding hydrogens is 292 g/mol. The highest BCUT2D eigenvalue weighted by Gasteiger charge is 2.26. The predicted molar refractivity (Wildman–Crippen MR) is 79.1 cm³/mol. The van der Waals surface area contributed by atoms with E-state index in [1.807, 2.05) is 0 Å². The highest BCUT2D eigenvalue weighted by Crippen LogP contribution is 2.21. The number of hydrogen-bond donors (Lipinski definition) is 0. The van der Waals surface area contributed by atoms with Gasteiger partial charge in [-0.15, -0.1) is 0 Å². The monoisotopic (exact) mass is 310 g/mol. The number of likely N-dealkylation sites (tertiary alicyclic amines) is 1. The van der Waals surface area contributed by atoms with E-state index >= 15 is 0 Å². The van der Waals surface area contributed by atoms with Gasteiger partial charge in [-0.1, -0.05) is 25.4 Å². The normalized spacial score (nSPS) is 22.0. The van der Waals surface area contributed by atoms with Gasteiger partial charge in [0, 0.05) is 19.3 Å². The molecule has 1 aromatic rings. The third-order valence-corrected chi connectivity index (χ3v) is 3.72. The van der Waals surface area contributed by atoms with Crippen LogP contribution in [0, 0.1) is 11.8 Å². The third kappa shape index (κ3) is 4.43. The number of ether oxygens (including phenoxy) is 1. The van der Waals surface area contributed by atoms with Crippen molar-refractivity contribution in [2.45, 2.75) is 20.3 Å². The van der Waals surface area contributed by atoms with Gasteiger partial charge in [0.1, 0.15) is 5.15 Å². The zero-order valence-corrected chi connectivity index (χ0v) is 13.0. The van der Waals surface area contributed by atoms with Crippen molar-refractivity contribution in [3.8, 4) is 0 Å². The minimum absolute atomic E-state index is 0.151. The van der Waals surface area contributed by atoms with Crippen LogP contribution in [0.1, 0.15) is 30.6 Å². The van der Waals surface area contributed by atoms with Gasteiger partial charge in [-0.05, 0) is 30.4 Å². The lowest BCUT2D eigenvalue weighted by molar-refractivity contribution is -0.137. The Kier molecular flexibility index (Phi) is 5.17.